The molecule has 2 fully saturated rings. The molecule has 0 aliphatic carbocycles. The Kier molecular flexibility index (Phi) is 3.86. The predicted octanol–water partition coefficient (Wildman–Crippen LogP) is 2.31. The first kappa shape index (κ1) is 15.9. The number of rotatable bonds is 3. The molecule has 1 unspecified atom stereocenters. The molecular formula is C18H22N4O3. The number of anilines is 1. The van der Waals surface area contributed by atoms with Crippen molar-refractivity contribution in [2.75, 3.05) is 24.5 Å². The molecule has 132 valence electrons. The van der Waals surface area contributed by atoms with Crippen molar-refractivity contribution in [3.8, 4) is 0 Å². The van der Waals surface area contributed by atoms with E-state index in [0.29, 0.717) is 30.8 Å². The van der Waals surface area contributed by atoms with Gasteiger partial charge in [0, 0.05) is 32.3 Å². The van der Waals surface area contributed by atoms with Crippen LogP contribution in [0.4, 0.5) is 5.69 Å². The summed E-state index contributed by atoms with van der Waals surface area (Å²) in [5, 5.41) is 4.43. The number of furan rings is 1. The van der Waals surface area contributed by atoms with Crippen molar-refractivity contribution in [3.63, 3.8) is 0 Å². The molecule has 2 aliphatic rings. The molecule has 2 amide bonds. The lowest BCUT2D eigenvalue weighted by Gasteiger charge is -2.16. The molecule has 0 saturated carbocycles. The van der Waals surface area contributed by atoms with Crippen LogP contribution in [0.15, 0.2) is 22.9 Å². The van der Waals surface area contributed by atoms with Crippen molar-refractivity contribution < 1.29 is 14.0 Å². The van der Waals surface area contributed by atoms with Crippen LogP contribution in [0.5, 0.6) is 0 Å². The Hall–Kier alpha value is -2.57. The molecule has 25 heavy (non-hydrogen) atoms. The monoisotopic (exact) mass is 342 g/mol. The number of aromatic nitrogens is 2. The van der Waals surface area contributed by atoms with Gasteiger partial charge in [-0.1, -0.05) is 0 Å². The van der Waals surface area contributed by atoms with Crippen LogP contribution in [-0.4, -0.2) is 46.1 Å². The van der Waals surface area contributed by atoms with Gasteiger partial charge in [0.2, 0.25) is 5.91 Å². The highest BCUT2D eigenvalue weighted by Crippen LogP contribution is 2.27. The maximum absolute atomic E-state index is 12.7. The third-order valence-corrected chi connectivity index (χ3v) is 5.07. The van der Waals surface area contributed by atoms with Gasteiger partial charge in [0.25, 0.3) is 5.91 Å². The van der Waals surface area contributed by atoms with Crippen LogP contribution < -0.4 is 4.90 Å². The van der Waals surface area contributed by atoms with Crippen LogP contribution >= 0.6 is 0 Å². The van der Waals surface area contributed by atoms with E-state index >= 15 is 0 Å². The standard InChI is InChI=1S/C18H22N4O3/c1-12-8-16(13(2)25-12)18(24)20-7-5-14(10-20)22-11-15(9-19-22)21-6-3-4-17(21)23/h8-9,11,14H,3-7,10H2,1-2H3. The molecule has 2 saturated heterocycles. The van der Waals surface area contributed by atoms with E-state index in [1.807, 2.05) is 29.6 Å². The van der Waals surface area contributed by atoms with Crippen LogP contribution in [-0.2, 0) is 4.79 Å². The maximum Gasteiger partial charge on any atom is 0.257 e. The quantitative estimate of drug-likeness (QED) is 0.858. The first-order chi connectivity index (χ1) is 12.0. The summed E-state index contributed by atoms with van der Waals surface area (Å²) in [7, 11) is 0. The number of likely N-dealkylation sites (tertiary alicyclic amines) is 1. The predicted molar refractivity (Wildman–Crippen MR) is 91.6 cm³/mol. The number of aryl methyl sites for hydroxylation is 2. The minimum atomic E-state index is 0.0129. The third-order valence-electron chi connectivity index (χ3n) is 5.07. The average molecular weight is 342 g/mol. The smallest absolute Gasteiger partial charge is 0.257 e. The van der Waals surface area contributed by atoms with Crippen molar-refractivity contribution in [2.24, 2.45) is 0 Å². The lowest BCUT2D eigenvalue weighted by atomic mass is 10.2. The number of hydrogen-bond acceptors (Lipinski definition) is 4. The topological polar surface area (TPSA) is 71.6 Å². The van der Waals surface area contributed by atoms with Crippen molar-refractivity contribution in [3.05, 3.63) is 35.5 Å². The van der Waals surface area contributed by atoms with E-state index in [4.69, 9.17) is 4.42 Å². The molecular weight excluding hydrogens is 320 g/mol. The zero-order valence-corrected chi connectivity index (χ0v) is 14.6. The second kappa shape index (κ2) is 6.06. The molecule has 0 spiro atoms. The summed E-state index contributed by atoms with van der Waals surface area (Å²) in [5.74, 6) is 1.59. The van der Waals surface area contributed by atoms with Gasteiger partial charge >= 0.3 is 0 Å². The summed E-state index contributed by atoms with van der Waals surface area (Å²) in [4.78, 5) is 28.2. The molecule has 2 aromatic rings. The molecule has 0 bridgehead atoms. The molecule has 2 aliphatic heterocycles. The molecule has 0 radical (unpaired) electrons. The largest absolute Gasteiger partial charge is 0.466 e. The Morgan fingerprint density at radius 2 is 2.16 bits per heavy atom. The lowest BCUT2D eigenvalue weighted by Crippen LogP contribution is -2.29. The highest BCUT2D eigenvalue weighted by atomic mass is 16.3. The van der Waals surface area contributed by atoms with Crippen LogP contribution in [0.25, 0.3) is 0 Å². The Morgan fingerprint density at radius 1 is 1.32 bits per heavy atom. The summed E-state index contributed by atoms with van der Waals surface area (Å²) < 4.78 is 7.37. The Balaban J connectivity index is 1.46. The molecule has 7 nitrogen and oxygen atoms in total. The van der Waals surface area contributed by atoms with Crippen LogP contribution in [0.1, 0.15) is 47.2 Å². The summed E-state index contributed by atoms with van der Waals surface area (Å²) in [6.45, 7) is 5.75. The molecule has 0 N–H and O–H groups in total. The molecule has 4 rings (SSSR count). The maximum atomic E-state index is 12.7. The van der Waals surface area contributed by atoms with Gasteiger partial charge in [0.15, 0.2) is 0 Å². The summed E-state index contributed by atoms with van der Waals surface area (Å²) in [5.41, 5.74) is 1.50. The van der Waals surface area contributed by atoms with E-state index in [1.165, 1.54) is 0 Å². The highest BCUT2D eigenvalue weighted by Gasteiger charge is 2.31. The third kappa shape index (κ3) is 2.83. The molecule has 7 heteroatoms. The first-order valence-electron chi connectivity index (χ1n) is 8.74. The van der Waals surface area contributed by atoms with Gasteiger partial charge in [-0.05, 0) is 32.8 Å². The molecule has 2 aromatic heterocycles. The highest BCUT2D eigenvalue weighted by molar-refractivity contribution is 5.96. The summed E-state index contributed by atoms with van der Waals surface area (Å²) in [6.07, 6.45) is 6.04. The van der Waals surface area contributed by atoms with Gasteiger partial charge in [0.05, 0.1) is 23.5 Å². The second-order valence-electron chi connectivity index (χ2n) is 6.85. The van der Waals surface area contributed by atoms with Crippen LogP contribution in [0.3, 0.4) is 0 Å². The number of nitrogens with zero attached hydrogens (tertiary/aromatic N) is 4. The Morgan fingerprint density at radius 3 is 2.84 bits per heavy atom. The van der Waals surface area contributed by atoms with Crippen molar-refractivity contribution >= 4 is 17.5 Å². The van der Waals surface area contributed by atoms with Gasteiger partial charge < -0.3 is 14.2 Å². The lowest BCUT2D eigenvalue weighted by molar-refractivity contribution is -0.117. The number of hydrogen-bond donors (Lipinski definition) is 0. The van der Waals surface area contributed by atoms with E-state index < -0.39 is 0 Å². The molecule has 4 heterocycles. The minimum absolute atomic E-state index is 0.0129. The zero-order chi connectivity index (χ0) is 17.6. The normalized spacial score (nSPS) is 20.7. The molecule has 1 atom stereocenters. The fourth-order valence-electron chi connectivity index (χ4n) is 3.74. The van der Waals surface area contributed by atoms with Crippen LogP contribution in [0.2, 0.25) is 0 Å². The fourth-order valence-corrected chi connectivity index (χ4v) is 3.74. The van der Waals surface area contributed by atoms with E-state index in [0.717, 1.165) is 30.8 Å². The van der Waals surface area contributed by atoms with Gasteiger partial charge in [-0.2, -0.15) is 5.10 Å². The van der Waals surface area contributed by atoms with Gasteiger partial charge in [-0.15, -0.1) is 0 Å². The number of carbonyl (C=O) groups excluding carboxylic acids is 2. The van der Waals surface area contributed by atoms with Crippen molar-refractivity contribution in [1.29, 1.82) is 0 Å². The number of carbonyl (C=O) groups is 2. The first-order valence-corrected chi connectivity index (χ1v) is 8.74. The zero-order valence-electron chi connectivity index (χ0n) is 14.6. The SMILES string of the molecule is Cc1cc(C(=O)N2CCC(n3cc(N4CCCC4=O)cn3)C2)c(C)o1. The van der Waals surface area contributed by atoms with Gasteiger partial charge in [-0.25, -0.2) is 0 Å². The second-order valence-corrected chi connectivity index (χ2v) is 6.85. The summed E-state index contributed by atoms with van der Waals surface area (Å²) >= 11 is 0. The fraction of sp³-hybridized carbons (Fsp3) is 0.500. The van der Waals surface area contributed by atoms with Gasteiger partial charge in [-0.3, -0.25) is 14.3 Å². The van der Waals surface area contributed by atoms with Crippen molar-refractivity contribution in [2.45, 2.75) is 39.2 Å². The van der Waals surface area contributed by atoms with E-state index in [2.05, 4.69) is 5.10 Å². The average Bonchev–Trinajstić information content (AvgIpc) is 3.32. The van der Waals surface area contributed by atoms with E-state index in [-0.39, 0.29) is 17.9 Å². The summed E-state index contributed by atoms with van der Waals surface area (Å²) in [6, 6.07) is 1.94. The van der Waals surface area contributed by atoms with E-state index in [1.54, 1.807) is 17.2 Å². The van der Waals surface area contributed by atoms with E-state index in [9.17, 15) is 9.59 Å². The minimum Gasteiger partial charge on any atom is -0.466 e. The van der Waals surface area contributed by atoms with Crippen LogP contribution in [0, 0.1) is 13.8 Å². The molecule has 0 aromatic carbocycles. The Labute approximate surface area is 146 Å². The van der Waals surface area contributed by atoms with Crippen molar-refractivity contribution in [1.82, 2.24) is 14.7 Å². The Bertz CT molecular complexity index is 822. The number of amides is 2. The van der Waals surface area contributed by atoms with Gasteiger partial charge in [0.1, 0.15) is 11.5 Å².